The molecule has 1 amide bonds. The summed E-state index contributed by atoms with van der Waals surface area (Å²) >= 11 is 0. The van der Waals surface area contributed by atoms with E-state index >= 15 is 0 Å². The van der Waals surface area contributed by atoms with Gasteiger partial charge in [0.15, 0.2) is 11.5 Å². The number of amides is 1. The smallest absolute Gasteiger partial charge is 0.311 e. The number of ketones is 1. The van der Waals surface area contributed by atoms with E-state index in [1.54, 1.807) is 13.8 Å². The lowest BCUT2D eigenvalue weighted by Crippen LogP contribution is -2.35. The third kappa shape index (κ3) is 4.81. The van der Waals surface area contributed by atoms with E-state index in [0.29, 0.717) is 36.1 Å². The van der Waals surface area contributed by atoms with Crippen molar-refractivity contribution in [3.05, 3.63) is 58.5 Å². The molecule has 1 unspecified atom stereocenters. The summed E-state index contributed by atoms with van der Waals surface area (Å²) in [6, 6.07) is 9.60. The van der Waals surface area contributed by atoms with Crippen LogP contribution in [0.5, 0.6) is 0 Å². The van der Waals surface area contributed by atoms with Crippen LogP contribution in [-0.4, -0.2) is 30.8 Å². The van der Waals surface area contributed by atoms with Gasteiger partial charge in [-0.25, -0.2) is 0 Å². The summed E-state index contributed by atoms with van der Waals surface area (Å²) in [4.78, 5) is 37.8. The lowest BCUT2D eigenvalue weighted by Gasteiger charge is -2.27. The highest BCUT2D eigenvalue weighted by Gasteiger charge is 2.37. The van der Waals surface area contributed by atoms with Gasteiger partial charge in [-0.05, 0) is 31.2 Å². The van der Waals surface area contributed by atoms with Crippen molar-refractivity contribution >= 4 is 17.7 Å². The number of hydrogen-bond donors (Lipinski definition) is 1. The summed E-state index contributed by atoms with van der Waals surface area (Å²) in [6.45, 7) is 7.92. The molecule has 1 atom stereocenters. The molecule has 6 nitrogen and oxygen atoms in total. The third-order valence-electron chi connectivity index (χ3n) is 5.44. The summed E-state index contributed by atoms with van der Waals surface area (Å²) in [5, 5.41) is 2.80. The third-order valence-corrected chi connectivity index (χ3v) is 5.44. The molecule has 1 aliphatic carbocycles. The Hall–Kier alpha value is -2.89. The first-order chi connectivity index (χ1) is 14.2. The fraction of sp³-hybridized carbons (Fsp3) is 0.458. The molecule has 0 aliphatic heterocycles. The Morgan fingerprint density at radius 3 is 2.57 bits per heavy atom. The van der Waals surface area contributed by atoms with Gasteiger partial charge in [-0.3, -0.25) is 14.4 Å². The van der Waals surface area contributed by atoms with Crippen LogP contribution < -0.4 is 5.32 Å². The van der Waals surface area contributed by atoms with Gasteiger partial charge < -0.3 is 14.5 Å². The van der Waals surface area contributed by atoms with Gasteiger partial charge >= 0.3 is 5.97 Å². The number of carbonyl (C=O) groups is 3. The van der Waals surface area contributed by atoms with E-state index in [4.69, 9.17) is 9.15 Å². The molecular formula is C24H29NO5. The number of benzene rings is 1. The van der Waals surface area contributed by atoms with Crippen LogP contribution in [0.3, 0.4) is 0 Å². The highest BCUT2D eigenvalue weighted by Crippen LogP contribution is 2.38. The molecule has 1 N–H and O–H groups in total. The normalized spacial score (nSPS) is 15.9. The molecule has 0 saturated carbocycles. The zero-order chi connectivity index (χ0) is 21.9. The summed E-state index contributed by atoms with van der Waals surface area (Å²) in [6.07, 6.45) is 1.51. The van der Waals surface area contributed by atoms with Crippen LogP contribution in [-0.2, 0) is 22.4 Å². The molecular weight excluding hydrogens is 382 g/mol. The second-order valence-corrected chi connectivity index (χ2v) is 8.64. The Kier molecular flexibility index (Phi) is 6.44. The van der Waals surface area contributed by atoms with Crippen molar-refractivity contribution in [3.63, 3.8) is 0 Å². The quantitative estimate of drug-likeness (QED) is 0.699. The van der Waals surface area contributed by atoms with Crippen LogP contribution in [0.4, 0.5) is 0 Å². The van der Waals surface area contributed by atoms with Crippen LogP contribution >= 0.6 is 0 Å². The lowest BCUT2D eigenvalue weighted by molar-refractivity contribution is -0.147. The molecule has 1 aliphatic rings. The number of nitrogens with one attached hydrogen (secondary N) is 1. The fourth-order valence-electron chi connectivity index (χ4n) is 3.99. The molecule has 1 aromatic carbocycles. The van der Waals surface area contributed by atoms with Crippen molar-refractivity contribution in [2.24, 2.45) is 11.3 Å². The van der Waals surface area contributed by atoms with E-state index in [-0.39, 0.29) is 36.1 Å². The monoisotopic (exact) mass is 411 g/mol. The maximum atomic E-state index is 12.8. The van der Waals surface area contributed by atoms with Crippen molar-refractivity contribution in [2.75, 3.05) is 13.2 Å². The minimum absolute atomic E-state index is 0.00928. The maximum absolute atomic E-state index is 12.8. The number of Topliss-reactive ketones (excluding diaryl/α,β-unsaturated/α-hetero) is 1. The van der Waals surface area contributed by atoms with Gasteiger partial charge in [-0.1, -0.05) is 44.2 Å². The number of hydrogen-bond acceptors (Lipinski definition) is 5. The first-order valence-electron chi connectivity index (χ1n) is 10.4. The zero-order valence-corrected chi connectivity index (χ0v) is 18.0. The van der Waals surface area contributed by atoms with Crippen LogP contribution in [0, 0.1) is 18.3 Å². The van der Waals surface area contributed by atoms with E-state index in [0.717, 1.165) is 5.56 Å². The van der Waals surface area contributed by atoms with Gasteiger partial charge in [-0.2, -0.15) is 0 Å². The van der Waals surface area contributed by atoms with E-state index < -0.39 is 11.8 Å². The SMILES string of the molecule is CCOC(=O)C(CNC(=O)c1oc2c(c1C)C(=O)CC(C)(C)C2)Cc1ccccc1. The average molecular weight is 411 g/mol. The van der Waals surface area contributed by atoms with Crippen molar-refractivity contribution in [3.8, 4) is 0 Å². The fourth-order valence-corrected chi connectivity index (χ4v) is 3.99. The summed E-state index contributed by atoms with van der Waals surface area (Å²) in [5.41, 5.74) is 1.90. The van der Waals surface area contributed by atoms with Crippen LogP contribution in [0.25, 0.3) is 0 Å². The van der Waals surface area contributed by atoms with Crippen LogP contribution in [0.1, 0.15) is 65.0 Å². The lowest BCUT2D eigenvalue weighted by atomic mass is 9.76. The Balaban J connectivity index is 1.74. The molecule has 1 heterocycles. The number of rotatable bonds is 7. The van der Waals surface area contributed by atoms with E-state index in [1.165, 1.54) is 0 Å². The van der Waals surface area contributed by atoms with E-state index in [2.05, 4.69) is 5.32 Å². The summed E-state index contributed by atoms with van der Waals surface area (Å²) < 4.78 is 11.0. The molecule has 1 aromatic heterocycles. The van der Waals surface area contributed by atoms with Crippen molar-refractivity contribution < 1.29 is 23.5 Å². The van der Waals surface area contributed by atoms with E-state index in [1.807, 2.05) is 44.2 Å². The minimum atomic E-state index is -0.512. The predicted octanol–water partition coefficient (Wildman–Crippen LogP) is 3.89. The second-order valence-electron chi connectivity index (χ2n) is 8.64. The molecule has 0 spiro atoms. The first kappa shape index (κ1) is 21.8. The zero-order valence-electron chi connectivity index (χ0n) is 18.0. The molecule has 6 heteroatoms. The van der Waals surface area contributed by atoms with Crippen molar-refractivity contribution in [1.82, 2.24) is 5.32 Å². The standard InChI is InChI=1S/C24H29NO5/c1-5-29-23(28)17(11-16-9-7-6-8-10-16)14-25-22(27)21-15(2)20-18(26)12-24(3,4)13-19(20)30-21/h6-10,17H,5,11-14H2,1-4H3,(H,25,27). The number of furan rings is 1. The van der Waals surface area contributed by atoms with E-state index in [9.17, 15) is 14.4 Å². The van der Waals surface area contributed by atoms with Gasteiger partial charge in [0.05, 0.1) is 18.1 Å². The molecule has 0 fully saturated rings. The van der Waals surface area contributed by atoms with Gasteiger partial charge in [0.25, 0.3) is 5.91 Å². The maximum Gasteiger partial charge on any atom is 0.311 e. The second kappa shape index (κ2) is 8.86. The molecule has 0 bridgehead atoms. The van der Waals surface area contributed by atoms with Gasteiger partial charge in [-0.15, -0.1) is 0 Å². The predicted molar refractivity (Wildman–Crippen MR) is 112 cm³/mol. The number of esters is 1. The number of fused-ring (bicyclic) bond motifs is 1. The van der Waals surface area contributed by atoms with Crippen molar-refractivity contribution in [2.45, 2.75) is 47.0 Å². The number of carbonyl (C=O) groups excluding carboxylic acids is 3. The highest BCUT2D eigenvalue weighted by molar-refractivity contribution is 6.03. The molecule has 160 valence electrons. The molecule has 30 heavy (non-hydrogen) atoms. The Labute approximate surface area is 177 Å². The summed E-state index contributed by atoms with van der Waals surface area (Å²) in [5.74, 6) is -0.556. The molecule has 3 rings (SSSR count). The van der Waals surface area contributed by atoms with Gasteiger partial charge in [0, 0.05) is 24.9 Å². The molecule has 0 saturated heterocycles. The molecule has 2 aromatic rings. The highest BCUT2D eigenvalue weighted by atomic mass is 16.5. The Bertz CT molecular complexity index is 942. The Morgan fingerprint density at radius 2 is 1.90 bits per heavy atom. The summed E-state index contributed by atoms with van der Waals surface area (Å²) in [7, 11) is 0. The largest absolute Gasteiger partial charge is 0.466 e. The minimum Gasteiger partial charge on any atom is -0.466 e. The first-order valence-corrected chi connectivity index (χ1v) is 10.4. The van der Waals surface area contributed by atoms with Gasteiger partial charge in [0.2, 0.25) is 0 Å². The molecule has 0 radical (unpaired) electrons. The van der Waals surface area contributed by atoms with Gasteiger partial charge in [0.1, 0.15) is 5.76 Å². The van der Waals surface area contributed by atoms with Crippen molar-refractivity contribution in [1.29, 1.82) is 0 Å². The van der Waals surface area contributed by atoms with Crippen LogP contribution in [0.2, 0.25) is 0 Å². The topological polar surface area (TPSA) is 85.6 Å². The Morgan fingerprint density at radius 1 is 1.20 bits per heavy atom. The average Bonchev–Trinajstić information content (AvgIpc) is 3.01. The number of ether oxygens (including phenoxy) is 1. The van der Waals surface area contributed by atoms with Crippen LogP contribution in [0.15, 0.2) is 34.7 Å².